The number of unbranched alkanes of at least 4 members (excludes halogenated alkanes) is 1. The zero-order valence-electron chi connectivity index (χ0n) is 10.8. The number of hydrogen-bond donors (Lipinski definition) is 1. The molecule has 0 aliphatic heterocycles. The summed E-state index contributed by atoms with van der Waals surface area (Å²) < 4.78 is 1.82. The third-order valence-corrected chi connectivity index (χ3v) is 3.07. The standard InChI is InChI=1S/C14H16ClN3O/c1-2-3-4-14(19)17-11-5-6-13(12(15)9-11)18-8-7-16-10-18/h5-10H,2-4H2,1H3,(H,17,19). The lowest BCUT2D eigenvalue weighted by Crippen LogP contribution is -2.11. The molecule has 1 aromatic carbocycles. The third kappa shape index (κ3) is 3.58. The molecule has 1 N–H and O–H groups in total. The normalized spacial score (nSPS) is 10.4. The van der Waals surface area contributed by atoms with E-state index in [9.17, 15) is 4.79 Å². The lowest BCUT2D eigenvalue weighted by molar-refractivity contribution is -0.116. The summed E-state index contributed by atoms with van der Waals surface area (Å²) in [6.07, 6.45) is 7.63. The predicted molar refractivity (Wildman–Crippen MR) is 76.7 cm³/mol. The minimum absolute atomic E-state index is 0.0216. The minimum Gasteiger partial charge on any atom is -0.326 e. The lowest BCUT2D eigenvalue weighted by atomic mass is 10.2. The molecule has 100 valence electrons. The highest BCUT2D eigenvalue weighted by Crippen LogP contribution is 2.24. The number of hydrogen-bond acceptors (Lipinski definition) is 2. The minimum atomic E-state index is 0.0216. The van der Waals surface area contributed by atoms with Crippen molar-refractivity contribution in [3.8, 4) is 5.69 Å². The number of aromatic nitrogens is 2. The Bertz CT molecular complexity index is 552. The van der Waals surface area contributed by atoms with Crippen LogP contribution in [-0.4, -0.2) is 15.5 Å². The summed E-state index contributed by atoms with van der Waals surface area (Å²) in [4.78, 5) is 15.6. The zero-order valence-corrected chi connectivity index (χ0v) is 11.5. The first kappa shape index (κ1) is 13.6. The second kappa shape index (κ2) is 6.38. The number of nitrogens with one attached hydrogen (secondary N) is 1. The van der Waals surface area contributed by atoms with Crippen molar-refractivity contribution in [2.24, 2.45) is 0 Å². The van der Waals surface area contributed by atoms with Gasteiger partial charge in [0, 0.05) is 24.5 Å². The van der Waals surface area contributed by atoms with Gasteiger partial charge in [0.25, 0.3) is 0 Å². The molecule has 2 rings (SSSR count). The highest BCUT2D eigenvalue weighted by Gasteiger charge is 2.06. The first-order chi connectivity index (χ1) is 9.20. The van der Waals surface area contributed by atoms with E-state index in [1.165, 1.54) is 0 Å². The monoisotopic (exact) mass is 277 g/mol. The van der Waals surface area contributed by atoms with Gasteiger partial charge in [-0.25, -0.2) is 4.98 Å². The van der Waals surface area contributed by atoms with Gasteiger partial charge in [0.05, 0.1) is 17.0 Å². The fourth-order valence-corrected chi connectivity index (χ4v) is 2.03. The topological polar surface area (TPSA) is 46.9 Å². The fraction of sp³-hybridized carbons (Fsp3) is 0.286. The summed E-state index contributed by atoms with van der Waals surface area (Å²) in [5.74, 6) is 0.0216. The van der Waals surface area contributed by atoms with Gasteiger partial charge in [-0.1, -0.05) is 24.9 Å². The summed E-state index contributed by atoms with van der Waals surface area (Å²) in [5.41, 5.74) is 1.56. The average Bonchev–Trinajstić information content (AvgIpc) is 2.90. The summed E-state index contributed by atoms with van der Waals surface area (Å²) in [6, 6.07) is 5.45. The number of rotatable bonds is 5. The van der Waals surface area contributed by atoms with Gasteiger partial charge in [-0.3, -0.25) is 4.79 Å². The van der Waals surface area contributed by atoms with E-state index in [2.05, 4.69) is 17.2 Å². The molecule has 4 nitrogen and oxygen atoms in total. The second-order valence-electron chi connectivity index (χ2n) is 4.29. The van der Waals surface area contributed by atoms with E-state index in [0.29, 0.717) is 11.4 Å². The van der Waals surface area contributed by atoms with Gasteiger partial charge >= 0.3 is 0 Å². The van der Waals surface area contributed by atoms with Crippen LogP contribution in [0.4, 0.5) is 5.69 Å². The molecule has 0 spiro atoms. The van der Waals surface area contributed by atoms with Crippen LogP contribution in [0.2, 0.25) is 5.02 Å². The van der Waals surface area contributed by atoms with Crippen molar-refractivity contribution in [3.63, 3.8) is 0 Å². The molecule has 19 heavy (non-hydrogen) atoms. The van der Waals surface area contributed by atoms with Crippen molar-refractivity contribution in [1.82, 2.24) is 9.55 Å². The van der Waals surface area contributed by atoms with Crippen LogP contribution >= 0.6 is 11.6 Å². The van der Waals surface area contributed by atoms with Crippen LogP contribution in [0.5, 0.6) is 0 Å². The molecule has 1 aromatic heterocycles. The first-order valence-electron chi connectivity index (χ1n) is 6.28. The van der Waals surface area contributed by atoms with Crippen LogP contribution in [0.3, 0.4) is 0 Å². The highest BCUT2D eigenvalue weighted by molar-refractivity contribution is 6.32. The molecule has 0 aliphatic carbocycles. The van der Waals surface area contributed by atoms with Crippen LogP contribution in [0, 0.1) is 0 Å². The van der Waals surface area contributed by atoms with Crippen LogP contribution in [0.25, 0.3) is 5.69 Å². The Morgan fingerprint density at radius 2 is 2.32 bits per heavy atom. The van der Waals surface area contributed by atoms with Crippen molar-refractivity contribution in [2.75, 3.05) is 5.32 Å². The van der Waals surface area contributed by atoms with Gasteiger partial charge in [-0.05, 0) is 24.6 Å². The van der Waals surface area contributed by atoms with E-state index >= 15 is 0 Å². The van der Waals surface area contributed by atoms with E-state index in [1.54, 1.807) is 18.6 Å². The first-order valence-corrected chi connectivity index (χ1v) is 6.66. The molecule has 0 atom stereocenters. The molecule has 0 bridgehead atoms. The van der Waals surface area contributed by atoms with E-state index in [4.69, 9.17) is 11.6 Å². The molecule has 0 unspecified atom stereocenters. The maximum absolute atomic E-state index is 11.6. The van der Waals surface area contributed by atoms with E-state index < -0.39 is 0 Å². The maximum Gasteiger partial charge on any atom is 0.224 e. The highest BCUT2D eigenvalue weighted by atomic mass is 35.5. The van der Waals surface area contributed by atoms with Gasteiger partial charge in [-0.15, -0.1) is 0 Å². The number of amides is 1. The van der Waals surface area contributed by atoms with Crippen LogP contribution in [-0.2, 0) is 4.79 Å². The Labute approximate surface area is 117 Å². The summed E-state index contributed by atoms with van der Waals surface area (Å²) >= 11 is 6.21. The predicted octanol–water partition coefficient (Wildman–Crippen LogP) is 3.65. The van der Waals surface area contributed by atoms with E-state index in [1.807, 2.05) is 22.9 Å². The van der Waals surface area contributed by atoms with Crippen molar-refractivity contribution in [3.05, 3.63) is 41.9 Å². The Kier molecular flexibility index (Phi) is 4.58. The molecule has 0 aliphatic rings. The second-order valence-corrected chi connectivity index (χ2v) is 4.70. The van der Waals surface area contributed by atoms with Crippen LogP contribution in [0.1, 0.15) is 26.2 Å². The average molecular weight is 278 g/mol. The number of nitrogens with zero attached hydrogens (tertiary/aromatic N) is 2. The number of carbonyl (C=O) groups is 1. The maximum atomic E-state index is 11.6. The third-order valence-electron chi connectivity index (χ3n) is 2.77. The van der Waals surface area contributed by atoms with Crippen molar-refractivity contribution < 1.29 is 4.79 Å². The SMILES string of the molecule is CCCCC(=O)Nc1ccc(-n2ccnc2)c(Cl)c1. The molecule has 0 fully saturated rings. The fourth-order valence-electron chi connectivity index (χ4n) is 1.76. The Morgan fingerprint density at radius 3 is 2.95 bits per heavy atom. The van der Waals surface area contributed by atoms with Crippen molar-refractivity contribution >= 4 is 23.2 Å². The van der Waals surface area contributed by atoms with E-state index in [-0.39, 0.29) is 5.91 Å². The van der Waals surface area contributed by atoms with Gasteiger partial charge in [0.1, 0.15) is 0 Å². The van der Waals surface area contributed by atoms with Gasteiger partial charge in [0.15, 0.2) is 0 Å². The summed E-state index contributed by atoms with van der Waals surface area (Å²) in [6.45, 7) is 2.06. The van der Waals surface area contributed by atoms with Crippen LogP contribution < -0.4 is 5.32 Å². The quantitative estimate of drug-likeness (QED) is 0.907. The number of imidazole rings is 1. The molecule has 5 heteroatoms. The molecule has 1 heterocycles. The van der Waals surface area contributed by atoms with Gasteiger partial charge < -0.3 is 9.88 Å². The molecule has 2 aromatic rings. The lowest BCUT2D eigenvalue weighted by Gasteiger charge is -2.09. The van der Waals surface area contributed by atoms with E-state index in [0.717, 1.165) is 24.2 Å². The van der Waals surface area contributed by atoms with Crippen molar-refractivity contribution in [2.45, 2.75) is 26.2 Å². The Morgan fingerprint density at radius 1 is 1.47 bits per heavy atom. The molecular weight excluding hydrogens is 262 g/mol. The summed E-state index contributed by atoms with van der Waals surface area (Å²) in [5, 5.41) is 3.42. The number of benzene rings is 1. The van der Waals surface area contributed by atoms with Gasteiger partial charge in [0.2, 0.25) is 5.91 Å². The number of anilines is 1. The number of halogens is 1. The molecule has 1 amide bonds. The molecule has 0 saturated heterocycles. The van der Waals surface area contributed by atoms with Gasteiger partial charge in [-0.2, -0.15) is 0 Å². The molecule has 0 radical (unpaired) electrons. The Balaban J connectivity index is 2.09. The van der Waals surface area contributed by atoms with Crippen molar-refractivity contribution in [1.29, 1.82) is 0 Å². The largest absolute Gasteiger partial charge is 0.326 e. The zero-order chi connectivity index (χ0) is 13.7. The Hall–Kier alpha value is -1.81. The number of carbonyl (C=O) groups excluding carboxylic acids is 1. The van der Waals surface area contributed by atoms with Crippen LogP contribution in [0.15, 0.2) is 36.9 Å². The summed E-state index contributed by atoms with van der Waals surface area (Å²) in [7, 11) is 0. The smallest absolute Gasteiger partial charge is 0.224 e. The molecular formula is C14H16ClN3O. The molecule has 0 saturated carbocycles.